The average molecular weight is 450 g/mol. The van der Waals surface area contributed by atoms with Gasteiger partial charge in [0, 0.05) is 31.9 Å². The van der Waals surface area contributed by atoms with E-state index < -0.39 is 0 Å². The Morgan fingerprint density at radius 3 is 2.65 bits per heavy atom. The first-order valence-corrected chi connectivity index (χ1v) is 9.51. The minimum Gasteiger partial charge on any atom is -0.356 e. The Balaban J connectivity index is 0.00000264. The fourth-order valence-corrected chi connectivity index (χ4v) is 3.76. The lowest BCUT2D eigenvalue weighted by atomic mass is 10.0. The van der Waals surface area contributed by atoms with Crippen LogP contribution in [0.3, 0.4) is 0 Å². The SMILES string of the molecule is CN=C(NCCCCC1CCCC1)NCCc1csc(C)n1.I. The highest BCUT2D eigenvalue weighted by Gasteiger charge is 2.13. The number of guanidine groups is 1. The van der Waals surface area contributed by atoms with Crippen LogP contribution in [0, 0.1) is 12.8 Å². The number of hydrogen-bond acceptors (Lipinski definition) is 3. The lowest BCUT2D eigenvalue weighted by molar-refractivity contribution is 0.472. The number of rotatable bonds is 8. The van der Waals surface area contributed by atoms with Gasteiger partial charge in [-0.05, 0) is 19.3 Å². The summed E-state index contributed by atoms with van der Waals surface area (Å²) in [6.45, 7) is 3.95. The zero-order valence-corrected chi connectivity index (χ0v) is 17.6. The normalized spacial score (nSPS) is 15.5. The van der Waals surface area contributed by atoms with E-state index in [9.17, 15) is 0 Å². The van der Waals surface area contributed by atoms with Crippen molar-refractivity contribution in [3.8, 4) is 0 Å². The summed E-state index contributed by atoms with van der Waals surface area (Å²) in [5, 5.41) is 10.0. The van der Waals surface area contributed by atoms with E-state index in [1.807, 2.05) is 14.0 Å². The van der Waals surface area contributed by atoms with Crippen LogP contribution in [-0.4, -0.2) is 31.1 Å². The molecule has 0 radical (unpaired) electrons. The van der Waals surface area contributed by atoms with Crippen LogP contribution in [0.5, 0.6) is 0 Å². The van der Waals surface area contributed by atoms with Crippen molar-refractivity contribution in [2.45, 2.75) is 58.3 Å². The summed E-state index contributed by atoms with van der Waals surface area (Å²) >= 11 is 1.71. The maximum absolute atomic E-state index is 4.48. The number of thiazole rings is 1. The van der Waals surface area contributed by atoms with Crippen molar-refractivity contribution in [1.82, 2.24) is 15.6 Å². The van der Waals surface area contributed by atoms with Crippen molar-refractivity contribution >= 4 is 41.3 Å². The van der Waals surface area contributed by atoms with Gasteiger partial charge in [0.05, 0.1) is 10.7 Å². The van der Waals surface area contributed by atoms with Crippen LogP contribution in [-0.2, 0) is 6.42 Å². The highest BCUT2D eigenvalue weighted by Crippen LogP contribution is 2.28. The number of unbranched alkanes of at least 4 members (excludes halogenated alkanes) is 1. The number of hydrogen-bond donors (Lipinski definition) is 2. The van der Waals surface area contributed by atoms with Crippen LogP contribution in [0.25, 0.3) is 0 Å². The first-order valence-electron chi connectivity index (χ1n) is 8.63. The maximum atomic E-state index is 4.48. The Labute approximate surface area is 162 Å². The molecule has 0 atom stereocenters. The van der Waals surface area contributed by atoms with Gasteiger partial charge in [-0.1, -0.05) is 38.5 Å². The molecule has 4 nitrogen and oxygen atoms in total. The molecule has 1 aliphatic rings. The number of aliphatic imine (C=N–C) groups is 1. The molecule has 2 N–H and O–H groups in total. The average Bonchev–Trinajstić information content (AvgIpc) is 3.17. The molecule has 1 aromatic rings. The van der Waals surface area contributed by atoms with Crippen LogP contribution in [0.1, 0.15) is 55.6 Å². The molecule has 1 aliphatic carbocycles. The van der Waals surface area contributed by atoms with E-state index in [-0.39, 0.29) is 24.0 Å². The zero-order valence-electron chi connectivity index (χ0n) is 14.4. The summed E-state index contributed by atoms with van der Waals surface area (Å²) in [7, 11) is 1.83. The van der Waals surface area contributed by atoms with Crippen LogP contribution >= 0.6 is 35.3 Å². The standard InChI is InChI=1S/C17H30N4S.HI/c1-14-21-16(13-22-14)10-12-20-17(18-2)19-11-6-5-9-15-7-3-4-8-15;/h13,15H,3-12H2,1-2H3,(H2,18,19,20);1H. The Morgan fingerprint density at radius 2 is 2.00 bits per heavy atom. The molecule has 2 rings (SSSR count). The Hall–Kier alpha value is -0.370. The van der Waals surface area contributed by atoms with Gasteiger partial charge in [0.2, 0.25) is 0 Å². The molecule has 132 valence electrons. The number of aryl methyl sites for hydroxylation is 1. The molecule has 1 fully saturated rings. The van der Waals surface area contributed by atoms with E-state index in [1.165, 1.54) is 50.6 Å². The molecule has 0 amide bonds. The van der Waals surface area contributed by atoms with Gasteiger partial charge in [0.1, 0.15) is 0 Å². The Kier molecular flexibility index (Phi) is 10.8. The molecule has 0 aliphatic heterocycles. The van der Waals surface area contributed by atoms with E-state index >= 15 is 0 Å². The third-order valence-electron chi connectivity index (χ3n) is 4.37. The Bertz CT molecular complexity index is 455. The molecule has 0 unspecified atom stereocenters. The third kappa shape index (κ3) is 8.33. The second-order valence-electron chi connectivity index (χ2n) is 6.18. The van der Waals surface area contributed by atoms with Gasteiger partial charge < -0.3 is 10.6 Å². The fourth-order valence-electron chi connectivity index (χ4n) is 3.12. The topological polar surface area (TPSA) is 49.3 Å². The van der Waals surface area contributed by atoms with E-state index in [1.54, 1.807) is 11.3 Å². The molecule has 0 bridgehead atoms. The van der Waals surface area contributed by atoms with Gasteiger partial charge in [-0.25, -0.2) is 4.98 Å². The summed E-state index contributed by atoms with van der Waals surface area (Å²) in [5.41, 5.74) is 1.17. The molecular weight excluding hydrogens is 419 g/mol. The summed E-state index contributed by atoms with van der Waals surface area (Å²) in [5.74, 6) is 1.92. The van der Waals surface area contributed by atoms with Crippen molar-refractivity contribution in [3.63, 3.8) is 0 Å². The van der Waals surface area contributed by atoms with Crippen molar-refractivity contribution in [2.75, 3.05) is 20.1 Å². The molecule has 1 aromatic heterocycles. The first-order chi connectivity index (χ1) is 10.8. The Morgan fingerprint density at radius 1 is 1.26 bits per heavy atom. The number of nitrogens with zero attached hydrogens (tertiary/aromatic N) is 2. The van der Waals surface area contributed by atoms with Gasteiger partial charge in [-0.3, -0.25) is 4.99 Å². The third-order valence-corrected chi connectivity index (χ3v) is 5.19. The van der Waals surface area contributed by atoms with E-state index in [0.29, 0.717) is 0 Å². The smallest absolute Gasteiger partial charge is 0.190 e. The predicted molar refractivity (Wildman–Crippen MR) is 111 cm³/mol. The molecule has 0 aromatic carbocycles. The minimum absolute atomic E-state index is 0. The van der Waals surface area contributed by atoms with E-state index in [2.05, 4.69) is 26.0 Å². The highest BCUT2D eigenvalue weighted by molar-refractivity contribution is 14.0. The highest BCUT2D eigenvalue weighted by atomic mass is 127. The molecular formula is C17H31IN4S. The van der Waals surface area contributed by atoms with Crippen molar-refractivity contribution in [1.29, 1.82) is 0 Å². The van der Waals surface area contributed by atoms with Gasteiger partial charge in [-0.15, -0.1) is 35.3 Å². The first kappa shape index (κ1) is 20.7. The van der Waals surface area contributed by atoms with Gasteiger partial charge >= 0.3 is 0 Å². The number of halogens is 1. The minimum atomic E-state index is 0. The molecule has 1 saturated carbocycles. The lowest BCUT2D eigenvalue weighted by Crippen LogP contribution is -2.38. The van der Waals surface area contributed by atoms with Gasteiger partial charge in [0.15, 0.2) is 5.96 Å². The lowest BCUT2D eigenvalue weighted by Gasteiger charge is -2.12. The monoisotopic (exact) mass is 450 g/mol. The number of nitrogens with one attached hydrogen (secondary N) is 2. The maximum Gasteiger partial charge on any atom is 0.190 e. The second-order valence-corrected chi connectivity index (χ2v) is 7.24. The van der Waals surface area contributed by atoms with Crippen LogP contribution in [0.2, 0.25) is 0 Å². The molecule has 23 heavy (non-hydrogen) atoms. The summed E-state index contributed by atoms with van der Waals surface area (Å²) in [6.07, 6.45) is 10.8. The number of aromatic nitrogens is 1. The molecule has 0 spiro atoms. The van der Waals surface area contributed by atoms with Crippen LogP contribution < -0.4 is 10.6 Å². The van der Waals surface area contributed by atoms with Crippen molar-refractivity contribution < 1.29 is 0 Å². The predicted octanol–water partition coefficient (Wildman–Crippen LogP) is 4.14. The summed E-state index contributed by atoms with van der Waals surface area (Å²) < 4.78 is 0. The quantitative estimate of drug-likeness (QED) is 0.271. The van der Waals surface area contributed by atoms with Crippen molar-refractivity contribution in [3.05, 3.63) is 16.1 Å². The van der Waals surface area contributed by atoms with Crippen LogP contribution in [0.4, 0.5) is 0 Å². The zero-order chi connectivity index (χ0) is 15.6. The fraction of sp³-hybridized carbons (Fsp3) is 0.765. The molecule has 1 heterocycles. The molecule has 0 saturated heterocycles. The largest absolute Gasteiger partial charge is 0.356 e. The van der Waals surface area contributed by atoms with Crippen molar-refractivity contribution in [2.24, 2.45) is 10.9 Å². The summed E-state index contributed by atoms with van der Waals surface area (Å²) in [6, 6.07) is 0. The van der Waals surface area contributed by atoms with Crippen LogP contribution in [0.15, 0.2) is 10.4 Å². The molecule has 6 heteroatoms. The van der Waals surface area contributed by atoms with Gasteiger partial charge in [-0.2, -0.15) is 0 Å². The second kappa shape index (κ2) is 12.1. The van der Waals surface area contributed by atoms with Gasteiger partial charge in [0.25, 0.3) is 0 Å². The van der Waals surface area contributed by atoms with E-state index in [4.69, 9.17) is 0 Å². The summed E-state index contributed by atoms with van der Waals surface area (Å²) in [4.78, 5) is 8.75. The van der Waals surface area contributed by atoms with E-state index in [0.717, 1.165) is 36.4 Å².